The van der Waals surface area contributed by atoms with Gasteiger partial charge < -0.3 is 15.1 Å². The van der Waals surface area contributed by atoms with Crippen molar-refractivity contribution in [2.24, 2.45) is 17.8 Å². The summed E-state index contributed by atoms with van der Waals surface area (Å²) in [5.41, 5.74) is 1.10. The molecular weight excluding hydrogens is 324 g/mol. The molecule has 4 aliphatic rings. The van der Waals surface area contributed by atoms with Gasteiger partial charge in [0.1, 0.15) is 11.3 Å². The van der Waals surface area contributed by atoms with Gasteiger partial charge in [0.25, 0.3) is 0 Å². The number of rotatable bonds is 5. The van der Waals surface area contributed by atoms with Gasteiger partial charge in [0, 0.05) is 10.9 Å². The van der Waals surface area contributed by atoms with E-state index in [9.17, 15) is 4.79 Å². The van der Waals surface area contributed by atoms with Crippen LogP contribution in [0.4, 0.5) is 0 Å². The van der Waals surface area contributed by atoms with Crippen molar-refractivity contribution in [3.05, 3.63) is 36.1 Å². The van der Waals surface area contributed by atoms with Gasteiger partial charge >= 0.3 is 0 Å². The summed E-state index contributed by atoms with van der Waals surface area (Å²) in [6, 6.07) is 9.86. The van der Waals surface area contributed by atoms with E-state index in [4.69, 9.17) is 4.42 Å². The Morgan fingerprint density at radius 1 is 1.15 bits per heavy atom. The Balaban J connectivity index is 1.20. The Morgan fingerprint density at radius 2 is 1.81 bits per heavy atom. The highest BCUT2D eigenvalue weighted by atomic mass is 16.3. The predicted octanol–water partition coefficient (Wildman–Crippen LogP) is 4.17. The minimum absolute atomic E-state index is 0.0636. The number of amides is 1. The molecule has 26 heavy (non-hydrogen) atoms. The number of furan rings is 1. The van der Waals surface area contributed by atoms with E-state index in [1.54, 1.807) is 0 Å². The molecule has 0 radical (unpaired) electrons. The molecular formula is C22H28N2O2. The van der Waals surface area contributed by atoms with Crippen molar-refractivity contribution in [2.45, 2.75) is 57.0 Å². The summed E-state index contributed by atoms with van der Waals surface area (Å²) >= 11 is 0. The van der Waals surface area contributed by atoms with E-state index in [2.05, 4.69) is 10.6 Å². The molecule has 138 valence electrons. The van der Waals surface area contributed by atoms with Crippen molar-refractivity contribution in [1.82, 2.24) is 10.6 Å². The van der Waals surface area contributed by atoms with E-state index in [1.165, 1.54) is 38.5 Å². The molecule has 4 heteroatoms. The second kappa shape index (κ2) is 6.12. The highest BCUT2D eigenvalue weighted by Crippen LogP contribution is 2.55. The smallest absolute Gasteiger partial charge is 0.234 e. The van der Waals surface area contributed by atoms with E-state index in [-0.39, 0.29) is 17.5 Å². The average Bonchev–Trinajstić information content (AvgIpc) is 3.03. The van der Waals surface area contributed by atoms with Gasteiger partial charge in [-0.3, -0.25) is 4.79 Å². The van der Waals surface area contributed by atoms with E-state index >= 15 is 0 Å². The first-order valence-corrected chi connectivity index (χ1v) is 10.1. The second-order valence-electron chi connectivity index (χ2n) is 9.03. The SMILES string of the molecule is C[C@H](NC(=O)CNC12CC3CC(CC(C3)C1)C2)c1cc2ccccc2o1. The van der Waals surface area contributed by atoms with Crippen LogP contribution in [0.5, 0.6) is 0 Å². The van der Waals surface area contributed by atoms with Gasteiger partial charge in [-0.15, -0.1) is 0 Å². The fraction of sp³-hybridized carbons (Fsp3) is 0.591. The largest absolute Gasteiger partial charge is 0.459 e. The topological polar surface area (TPSA) is 54.3 Å². The number of benzene rings is 1. The number of carbonyl (C=O) groups is 1. The summed E-state index contributed by atoms with van der Waals surface area (Å²) in [5.74, 6) is 3.56. The first-order chi connectivity index (χ1) is 12.6. The van der Waals surface area contributed by atoms with Crippen LogP contribution < -0.4 is 10.6 Å². The highest BCUT2D eigenvalue weighted by molar-refractivity contribution is 5.80. The summed E-state index contributed by atoms with van der Waals surface area (Å²) in [5, 5.41) is 7.84. The lowest BCUT2D eigenvalue weighted by Gasteiger charge is -2.57. The van der Waals surface area contributed by atoms with Crippen molar-refractivity contribution in [2.75, 3.05) is 6.54 Å². The molecule has 0 saturated heterocycles. The number of nitrogens with one attached hydrogen (secondary N) is 2. The van der Waals surface area contributed by atoms with Gasteiger partial charge in [0.15, 0.2) is 0 Å². The first-order valence-electron chi connectivity index (χ1n) is 10.1. The Labute approximate surface area is 154 Å². The third-order valence-electron chi connectivity index (χ3n) is 6.91. The van der Waals surface area contributed by atoms with E-state index < -0.39 is 0 Å². The van der Waals surface area contributed by atoms with Crippen molar-refractivity contribution in [3.63, 3.8) is 0 Å². The Morgan fingerprint density at radius 3 is 2.46 bits per heavy atom. The number of fused-ring (bicyclic) bond motifs is 1. The molecule has 4 saturated carbocycles. The molecule has 0 aliphatic heterocycles. The molecule has 1 aromatic heterocycles. The maximum Gasteiger partial charge on any atom is 0.234 e. The zero-order chi connectivity index (χ0) is 17.7. The van der Waals surface area contributed by atoms with Crippen LogP contribution in [0.2, 0.25) is 0 Å². The molecule has 4 fully saturated rings. The third-order valence-corrected chi connectivity index (χ3v) is 6.91. The summed E-state index contributed by atoms with van der Waals surface area (Å²) in [7, 11) is 0. The molecule has 2 aromatic rings. The van der Waals surface area contributed by atoms with Crippen molar-refractivity contribution < 1.29 is 9.21 Å². The lowest BCUT2D eigenvalue weighted by atomic mass is 9.53. The summed E-state index contributed by atoms with van der Waals surface area (Å²) in [6.07, 6.45) is 8.09. The van der Waals surface area contributed by atoms with E-state index in [0.29, 0.717) is 6.54 Å². The molecule has 0 unspecified atom stereocenters. The normalized spacial score (nSPS) is 33.5. The van der Waals surface area contributed by atoms with Gasteiger partial charge in [0.2, 0.25) is 5.91 Å². The number of hydrogen-bond acceptors (Lipinski definition) is 3. The van der Waals surface area contributed by atoms with Gasteiger partial charge in [-0.1, -0.05) is 18.2 Å². The second-order valence-corrected chi connectivity index (χ2v) is 9.03. The Hall–Kier alpha value is -1.81. The maximum atomic E-state index is 12.5. The molecule has 1 aromatic carbocycles. The fourth-order valence-electron chi connectivity index (χ4n) is 6.17. The quantitative estimate of drug-likeness (QED) is 0.849. The van der Waals surface area contributed by atoms with Crippen LogP contribution in [0.25, 0.3) is 11.0 Å². The maximum absolute atomic E-state index is 12.5. The highest BCUT2D eigenvalue weighted by Gasteiger charge is 2.50. The van der Waals surface area contributed by atoms with Crippen molar-refractivity contribution in [1.29, 1.82) is 0 Å². The van der Waals surface area contributed by atoms with Crippen LogP contribution in [-0.4, -0.2) is 18.0 Å². The predicted molar refractivity (Wildman–Crippen MR) is 102 cm³/mol. The zero-order valence-corrected chi connectivity index (χ0v) is 15.5. The molecule has 0 spiro atoms. The van der Waals surface area contributed by atoms with Gasteiger partial charge in [0.05, 0.1) is 12.6 Å². The Bertz CT molecular complexity index is 756. The van der Waals surface area contributed by atoms with Crippen LogP contribution in [-0.2, 0) is 4.79 Å². The summed E-state index contributed by atoms with van der Waals surface area (Å²) in [6.45, 7) is 2.40. The van der Waals surface area contributed by atoms with Crippen LogP contribution in [0.1, 0.15) is 57.3 Å². The zero-order valence-electron chi connectivity index (χ0n) is 15.5. The third kappa shape index (κ3) is 2.94. The minimum Gasteiger partial charge on any atom is -0.459 e. The van der Waals surface area contributed by atoms with Gasteiger partial charge in [-0.2, -0.15) is 0 Å². The standard InChI is InChI=1S/C22H28N2O2/c1-14(20-9-18-4-2-3-5-19(18)26-20)24-21(25)13-23-22-10-15-6-16(11-22)8-17(7-15)12-22/h2-5,9,14-17,23H,6-8,10-13H2,1H3,(H,24,25)/t14-,15?,16?,17?,22?/m0/s1. The lowest BCUT2D eigenvalue weighted by Crippen LogP contribution is -2.59. The van der Waals surface area contributed by atoms with Crippen LogP contribution in [0, 0.1) is 17.8 Å². The lowest BCUT2D eigenvalue weighted by molar-refractivity contribution is -0.122. The minimum atomic E-state index is -0.118. The molecule has 1 amide bonds. The van der Waals surface area contributed by atoms with Crippen molar-refractivity contribution >= 4 is 16.9 Å². The van der Waals surface area contributed by atoms with Gasteiger partial charge in [-0.25, -0.2) is 0 Å². The summed E-state index contributed by atoms with van der Waals surface area (Å²) in [4.78, 5) is 12.5. The molecule has 4 bridgehead atoms. The average molecular weight is 352 g/mol. The molecule has 4 nitrogen and oxygen atoms in total. The first kappa shape index (κ1) is 16.4. The van der Waals surface area contributed by atoms with E-state index in [1.807, 2.05) is 37.3 Å². The van der Waals surface area contributed by atoms with Crippen LogP contribution >= 0.6 is 0 Å². The molecule has 4 aliphatic carbocycles. The molecule has 1 heterocycles. The van der Waals surface area contributed by atoms with Crippen LogP contribution in [0.15, 0.2) is 34.7 Å². The number of hydrogen-bond donors (Lipinski definition) is 2. The van der Waals surface area contributed by atoms with Crippen LogP contribution in [0.3, 0.4) is 0 Å². The van der Waals surface area contributed by atoms with Crippen molar-refractivity contribution in [3.8, 4) is 0 Å². The number of carbonyl (C=O) groups excluding carboxylic acids is 1. The van der Waals surface area contributed by atoms with Gasteiger partial charge in [-0.05, 0) is 75.3 Å². The molecule has 2 N–H and O–H groups in total. The molecule has 6 rings (SSSR count). The fourth-order valence-corrected chi connectivity index (χ4v) is 6.17. The van der Waals surface area contributed by atoms with E-state index in [0.717, 1.165) is 34.5 Å². The number of para-hydroxylation sites is 1. The Kier molecular flexibility index (Phi) is 3.85. The molecule has 1 atom stereocenters. The summed E-state index contributed by atoms with van der Waals surface area (Å²) < 4.78 is 5.87. The monoisotopic (exact) mass is 352 g/mol.